The number of carbonyl (C=O) groups is 1. The van der Waals surface area contributed by atoms with Crippen LogP contribution in [0.4, 0.5) is 4.39 Å². The summed E-state index contributed by atoms with van der Waals surface area (Å²) in [4.78, 5) is 10.4. The highest BCUT2D eigenvalue weighted by molar-refractivity contribution is 9.10. The number of aliphatic carboxylic acids is 1. The van der Waals surface area contributed by atoms with Gasteiger partial charge < -0.3 is 10.8 Å². The van der Waals surface area contributed by atoms with E-state index in [0.717, 1.165) is 5.56 Å². The van der Waals surface area contributed by atoms with Gasteiger partial charge in [-0.3, -0.25) is 4.79 Å². The van der Waals surface area contributed by atoms with Crippen LogP contribution >= 0.6 is 27.7 Å². The van der Waals surface area contributed by atoms with Crippen molar-refractivity contribution in [1.82, 2.24) is 0 Å². The first-order valence-corrected chi connectivity index (χ1v) is 6.45. The second-order valence-corrected chi connectivity index (χ2v) is 5.18. The smallest absolute Gasteiger partial charge is 0.321 e. The SMILES string of the molecule is NC(CSCc1cc(F)cc(Br)c1)C(=O)O. The summed E-state index contributed by atoms with van der Waals surface area (Å²) in [6, 6.07) is 3.71. The number of hydrogen-bond acceptors (Lipinski definition) is 3. The van der Waals surface area contributed by atoms with E-state index in [-0.39, 0.29) is 5.82 Å². The van der Waals surface area contributed by atoms with Crippen LogP contribution in [-0.4, -0.2) is 22.9 Å². The van der Waals surface area contributed by atoms with Gasteiger partial charge >= 0.3 is 5.97 Å². The molecule has 16 heavy (non-hydrogen) atoms. The normalized spacial score (nSPS) is 12.4. The molecule has 0 aliphatic carbocycles. The standard InChI is InChI=1S/C10H11BrFNO2S/c11-7-1-6(2-8(12)3-7)4-16-5-9(13)10(14)15/h1-3,9H,4-5,13H2,(H,14,15). The molecule has 1 atom stereocenters. The Morgan fingerprint density at radius 2 is 2.25 bits per heavy atom. The maximum Gasteiger partial charge on any atom is 0.321 e. The van der Waals surface area contributed by atoms with E-state index in [0.29, 0.717) is 16.0 Å². The highest BCUT2D eigenvalue weighted by Gasteiger charge is 2.11. The second kappa shape index (κ2) is 6.22. The molecule has 6 heteroatoms. The zero-order chi connectivity index (χ0) is 12.1. The largest absolute Gasteiger partial charge is 0.480 e. The zero-order valence-electron chi connectivity index (χ0n) is 8.32. The van der Waals surface area contributed by atoms with Gasteiger partial charge in [-0.2, -0.15) is 11.8 Å². The van der Waals surface area contributed by atoms with Crippen molar-refractivity contribution in [3.8, 4) is 0 Å². The molecule has 1 unspecified atom stereocenters. The third-order valence-corrected chi connectivity index (χ3v) is 3.40. The third-order valence-electron chi connectivity index (χ3n) is 1.81. The molecule has 0 heterocycles. The van der Waals surface area contributed by atoms with Gasteiger partial charge in [0.1, 0.15) is 11.9 Å². The highest BCUT2D eigenvalue weighted by Crippen LogP contribution is 2.19. The van der Waals surface area contributed by atoms with Crippen molar-refractivity contribution in [1.29, 1.82) is 0 Å². The van der Waals surface area contributed by atoms with Crippen LogP contribution in [0.25, 0.3) is 0 Å². The molecule has 3 nitrogen and oxygen atoms in total. The van der Waals surface area contributed by atoms with Gasteiger partial charge in [-0.25, -0.2) is 4.39 Å². The Hall–Kier alpha value is -0.590. The van der Waals surface area contributed by atoms with E-state index in [2.05, 4.69) is 15.9 Å². The van der Waals surface area contributed by atoms with Gasteiger partial charge in [0.15, 0.2) is 0 Å². The number of benzene rings is 1. The Morgan fingerprint density at radius 3 is 2.81 bits per heavy atom. The van der Waals surface area contributed by atoms with Crippen LogP contribution in [-0.2, 0) is 10.5 Å². The summed E-state index contributed by atoms with van der Waals surface area (Å²) >= 11 is 4.56. The average Bonchev–Trinajstić information content (AvgIpc) is 2.15. The fraction of sp³-hybridized carbons (Fsp3) is 0.300. The molecule has 0 spiro atoms. The Bertz CT molecular complexity index is 369. The quantitative estimate of drug-likeness (QED) is 0.875. The van der Waals surface area contributed by atoms with Gasteiger partial charge in [0.05, 0.1) is 0 Å². The summed E-state index contributed by atoms with van der Waals surface area (Å²) in [5.74, 6) is -0.485. The average molecular weight is 308 g/mol. The van der Waals surface area contributed by atoms with Crippen molar-refractivity contribution in [3.05, 3.63) is 34.1 Å². The fourth-order valence-corrected chi connectivity index (χ4v) is 2.50. The first kappa shape index (κ1) is 13.5. The lowest BCUT2D eigenvalue weighted by Gasteiger charge is -2.06. The molecule has 0 aliphatic heterocycles. The van der Waals surface area contributed by atoms with Crippen molar-refractivity contribution in [2.24, 2.45) is 5.73 Å². The monoisotopic (exact) mass is 307 g/mol. The Kier molecular flexibility index (Phi) is 5.24. The van der Waals surface area contributed by atoms with Crippen LogP contribution in [0.15, 0.2) is 22.7 Å². The molecule has 0 radical (unpaired) electrons. The van der Waals surface area contributed by atoms with Crippen molar-refractivity contribution in [2.45, 2.75) is 11.8 Å². The minimum absolute atomic E-state index is 0.309. The summed E-state index contributed by atoms with van der Waals surface area (Å²) in [7, 11) is 0. The van der Waals surface area contributed by atoms with Crippen molar-refractivity contribution in [3.63, 3.8) is 0 Å². The van der Waals surface area contributed by atoms with E-state index in [1.165, 1.54) is 23.9 Å². The third kappa shape index (κ3) is 4.51. The Labute approximate surface area is 105 Å². The molecule has 0 aliphatic rings. The number of nitrogens with two attached hydrogens (primary N) is 1. The summed E-state index contributed by atoms with van der Waals surface area (Å²) in [6.07, 6.45) is 0. The molecule has 1 rings (SSSR count). The fourth-order valence-electron chi connectivity index (χ4n) is 1.07. The molecule has 0 aromatic heterocycles. The van der Waals surface area contributed by atoms with Crippen LogP contribution in [0.2, 0.25) is 0 Å². The molecule has 1 aromatic carbocycles. The van der Waals surface area contributed by atoms with Gasteiger partial charge in [0, 0.05) is 16.0 Å². The van der Waals surface area contributed by atoms with E-state index in [1.807, 2.05) is 0 Å². The van der Waals surface area contributed by atoms with Gasteiger partial charge in [-0.05, 0) is 23.8 Å². The predicted molar refractivity (Wildman–Crippen MR) is 65.9 cm³/mol. The minimum Gasteiger partial charge on any atom is -0.480 e. The molecular weight excluding hydrogens is 297 g/mol. The van der Waals surface area contributed by atoms with Crippen LogP contribution in [0, 0.1) is 5.82 Å². The van der Waals surface area contributed by atoms with E-state index in [4.69, 9.17) is 10.8 Å². The number of carboxylic acids is 1. The molecule has 0 fully saturated rings. The van der Waals surface area contributed by atoms with Crippen LogP contribution in [0.5, 0.6) is 0 Å². The molecule has 0 saturated carbocycles. The highest BCUT2D eigenvalue weighted by atomic mass is 79.9. The van der Waals surface area contributed by atoms with E-state index >= 15 is 0 Å². The summed E-state index contributed by atoms with van der Waals surface area (Å²) in [6.45, 7) is 0. The second-order valence-electron chi connectivity index (χ2n) is 3.24. The molecule has 0 bridgehead atoms. The number of thioether (sulfide) groups is 1. The van der Waals surface area contributed by atoms with E-state index < -0.39 is 12.0 Å². The molecular formula is C10H11BrFNO2S. The molecule has 0 amide bonds. The topological polar surface area (TPSA) is 63.3 Å². The van der Waals surface area contributed by atoms with Crippen molar-refractivity contribution < 1.29 is 14.3 Å². The molecule has 88 valence electrons. The molecule has 0 saturated heterocycles. The lowest BCUT2D eigenvalue weighted by Crippen LogP contribution is -2.32. The van der Waals surface area contributed by atoms with Crippen LogP contribution in [0.3, 0.4) is 0 Å². The van der Waals surface area contributed by atoms with E-state index in [1.54, 1.807) is 6.07 Å². The first-order chi connectivity index (χ1) is 7.49. The number of carboxylic acid groups (broad SMARTS) is 1. The summed E-state index contributed by atoms with van der Waals surface area (Å²) in [5, 5.41) is 8.56. The zero-order valence-corrected chi connectivity index (χ0v) is 10.7. The maximum absolute atomic E-state index is 13.0. The van der Waals surface area contributed by atoms with Crippen molar-refractivity contribution in [2.75, 3.05) is 5.75 Å². The minimum atomic E-state index is -1.02. The Balaban J connectivity index is 2.46. The number of hydrogen-bond donors (Lipinski definition) is 2. The Morgan fingerprint density at radius 1 is 1.56 bits per heavy atom. The maximum atomic E-state index is 13.0. The van der Waals surface area contributed by atoms with Gasteiger partial charge in [-0.1, -0.05) is 15.9 Å². The van der Waals surface area contributed by atoms with Gasteiger partial charge in [0.25, 0.3) is 0 Å². The lowest BCUT2D eigenvalue weighted by atomic mass is 10.2. The van der Waals surface area contributed by atoms with Crippen LogP contribution in [0.1, 0.15) is 5.56 Å². The van der Waals surface area contributed by atoms with E-state index in [9.17, 15) is 9.18 Å². The van der Waals surface area contributed by atoms with Gasteiger partial charge in [0.2, 0.25) is 0 Å². The number of rotatable bonds is 5. The summed E-state index contributed by atoms with van der Waals surface area (Å²) < 4.78 is 13.7. The molecule has 3 N–H and O–H groups in total. The number of halogens is 2. The van der Waals surface area contributed by atoms with Crippen molar-refractivity contribution >= 4 is 33.7 Å². The lowest BCUT2D eigenvalue weighted by molar-refractivity contribution is -0.137. The first-order valence-electron chi connectivity index (χ1n) is 4.50. The van der Waals surface area contributed by atoms with Crippen LogP contribution < -0.4 is 5.73 Å². The molecule has 1 aromatic rings. The summed E-state index contributed by atoms with van der Waals surface area (Å²) in [5.41, 5.74) is 6.14. The predicted octanol–water partition coefficient (Wildman–Crippen LogP) is 2.23. The van der Waals surface area contributed by atoms with Gasteiger partial charge in [-0.15, -0.1) is 0 Å².